The van der Waals surface area contributed by atoms with E-state index >= 15 is 0 Å². The van der Waals surface area contributed by atoms with Crippen molar-refractivity contribution < 1.29 is 0 Å². The van der Waals surface area contributed by atoms with Gasteiger partial charge in [0.2, 0.25) is 0 Å². The molecule has 0 unspecified atom stereocenters. The van der Waals surface area contributed by atoms with Crippen molar-refractivity contribution in [3.8, 4) is 24.7 Å². The first-order chi connectivity index (χ1) is 4.35. The maximum absolute atomic E-state index is 5.35. The van der Waals surface area contributed by atoms with Gasteiger partial charge in [-0.2, -0.15) is 0 Å². The highest BCUT2D eigenvalue weighted by Gasteiger charge is 2.00. The molecule has 48 valence electrons. The Balaban J connectivity index is 3.47. The molecule has 9 heavy (non-hydrogen) atoms. The molecular formula is C8H11N. The summed E-state index contributed by atoms with van der Waals surface area (Å²) in [6, 6.07) is 0. The molecule has 0 aliphatic carbocycles. The molecule has 0 rings (SSSR count). The SMILES string of the molecule is C#CCC(CN)CC#C. The van der Waals surface area contributed by atoms with Crippen molar-refractivity contribution in [1.29, 1.82) is 0 Å². The molecule has 0 aliphatic rings. The zero-order valence-corrected chi connectivity index (χ0v) is 5.43. The molecule has 0 aromatic carbocycles. The molecule has 0 fully saturated rings. The number of hydrogen-bond acceptors (Lipinski definition) is 1. The highest BCUT2D eigenvalue weighted by molar-refractivity contribution is 4.93. The van der Waals surface area contributed by atoms with Crippen LogP contribution >= 0.6 is 0 Å². The van der Waals surface area contributed by atoms with E-state index in [9.17, 15) is 0 Å². The lowest BCUT2D eigenvalue weighted by Crippen LogP contribution is -2.12. The Labute approximate surface area is 56.6 Å². The number of hydrogen-bond donors (Lipinski definition) is 1. The Bertz CT molecular complexity index is 120. The molecule has 1 heteroatoms. The fourth-order valence-corrected chi connectivity index (χ4v) is 0.572. The van der Waals surface area contributed by atoms with Crippen molar-refractivity contribution >= 4 is 0 Å². The van der Waals surface area contributed by atoms with Gasteiger partial charge in [0.05, 0.1) is 0 Å². The smallest absolute Gasteiger partial charge is 0.0136 e. The summed E-state index contributed by atoms with van der Waals surface area (Å²) in [4.78, 5) is 0. The van der Waals surface area contributed by atoms with Crippen molar-refractivity contribution in [2.24, 2.45) is 11.7 Å². The average Bonchev–Trinajstić information content (AvgIpc) is 1.88. The van der Waals surface area contributed by atoms with Gasteiger partial charge in [0.1, 0.15) is 0 Å². The van der Waals surface area contributed by atoms with Crippen LogP contribution in [0.1, 0.15) is 12.8 Å². The van der Waals surface area contributed by atoms with Crippen LogP contribution < -0.4 is 5.73 Å². The number of terminal acetylenes is 2. The summed E-state index contributed by atoms with van der Waals surface area (Å²) in [5.74, 6) is 5.38. The van der Waals surface area contributed by atoms with E-state index in [2.05, 4.69) is 11.8 Å². The van der Waals surface area contributed by atoms with E-state index in [1.807, 2.05) is 0 Å². The minimum Gasteiger partial charge on any atom is -0.330 e. The van der Waals surface area contributed by atoms with Gasteiger partial charge in [0, 0.05) is 12.8 Å². The van der Waals surface area contributed by atoms with Crippen molar-refractivity contribution in [3.05, 3.63) is 0 Å². The van der Waals surface area contributed by atoms with Crippen molar-refractivity contribution in [2.75, 3.05) is 6.54 Å². The van der Waals surface area contributed by atoms with Gasteiger partial charge in [0.25, 0.3) is 0 Å². The van der Waals surface area contributed by atoms with Crippen LogP contribution in [0.5, 0.6) is 0 Å². The van der Waals surface area contributed by atoms with Gasteiger partial charge >= 0.3 is 0 Å². The van der Waals surface area contributed by atoms with Gasteiger partial charge in [-0.15, -0.1) is 24.7 Å². The quantitative estimate of drug-likeness (QED) is 0.544. The summed E-state index contributed by atoms with van der Waals surface area (Å²) in [6.07, 6.45) is 11.5. The first kappa shape index (κ1) is 8.08. The van der Waals surface area contributed by atoms with Crippen LogP contribution in [0.3, 0.4) is 0 Å². The van der Waals surface area contributed by atoms with Crippen LogP contribution in [0.15, 0.2) is 0 Å². The van der Waals surface area contributed by atoms with E-state index in [0.717, 1.165) is 0 Å². The predicted molar refractivity (Wildman–Crippen MR) is 39.4 cm³/mol. The van der Waals surface area contributed by atoms with E-state index in [1.165, 1.54) is 0 Å². The standard InChI is InChI=1S/C8H11N/c1-3-5-8(7-9)6-4-2/h1-2,8H,5-7,9H2. The van der Waals surface area contributed by atoms with Gasteiger partial charge in [0.15, 0.2) is 0 Å². The van der Waals surface area contributed by atoms with Crippen molar-refractivity contribution in [1.82, 2.24) is 0 Å². The van der Waals surface area contributed by atoms with Gasteiger partial charge < -0.3 is 5.73 Å². The largest absolute Gasteiger partial charge is 0.330 e. The van der Waals surface area contributed by atoms with Crippen molar-refractivity contribution in [3.63, 3.8) is 0 Å². The van der Waals surface area contributed by atoms with Crippen LogP contribution in [-0.4, -0.2) is 6.54 Å². The van der Waals surface area contributed by atoms with Crippen LogP contribution in [0.4, 0.5) is 0 Å². The summed E-state index contributed by atoms with van der Waals surface area (Å²) in [5, 5.41) is 0. The third-order valence-corrected chi connectivity index (χ3v) is 1.15. The molecule has 0 spiro atoms. The van der Waals surface area contributed by atoms with Gasteiger partial charge in [-0.25, -0.2) is 0 Å². The van der Waals surface area contributed by atoms with E-state index in [0.29, 0.717) is 25.3 Å². The Morgan fingerprint density at radius 3 is 1.89 bits per heavy atom. The lowest BCUT2D eigenvalue weighted by Gasteiger charge is -2.04. The van der Waals surface area contributed by atoms with E-state index in [4.69, 9.17) is 18.6 Å². The van der Waals surface area contributed by atoms with E-state index < -0.39 is 0 Å². The Kier molecular flexibility index (Phi) is 4.69. The molecule has 0 amide bonds. The molecule has 0 aliphatic heterocycles. The first-order valence-corrected chi connectivity index (χ1v) is 2.92. The predicted octanol–water partition coefficient (Wildman–Crippen LogP) is 0.608. The molecule has 2 N–H and O–H groups in total. The maximum Gasteiger partial charge on any atom is 0.0136 e. The summed E-state index contributed by atoms with van der Waals surface area (Å²) >= 11 is 0. The third-order valence-electron chi connectivity index (χ3n) is 1.15. The topological polar surface area (TPSA) is 26.0 Å². The molecule has 0 bridgehead atoms. The molecule has 0 aromatic rings. The summed E-state index contributed by atoms with van der Waals surface area (Å²) < 4.78 is 0. The molecule has 0 aromatic heterocycles. The van der Waals surface area contributed by atoms with Gasteiger partial charge in [-0.1, -0.05) is 0 Å². The molecule has 0 atom stereocenters. The molecule has 0 heterocycles. The fraction of sp³-hybridized carbons (Fsp3) is 0.500. The second kappa shape index (κ2) is 5.22. The lowest BCUT2D eigenvalue weighted by atomic mass is 10.0. The van der Waals surface area contributed by atoms with Gasteiger partial charge in [-0.05, 0) is 12.5 Å². The molecule has 0 saturated heterocycles. The molecule has 0 saturated carbocycles. The maximum atomic E-state index is 5.35. The summed E-state index contributed by atoms with van der Waals surface area (Å²) in [7, 11) is 0. The second-order valence-electron chi connectivity index (χ2n) is 1.92. The average molecular weight is 121 g/mol. The molecule has 1 nitrogen and oxygen atoms in total. The Morgan fingerprint density at radius 1 is 1.22 bits per heavy atom. The van der Waals surface area contributed by atoms with Crippen LogP contribution in [-0.2, 0) is 0 Å². The van der Waals surface area contributed by atoms with Crippen molar-refractivity contribution in [2.45, 2.75) is 12.8 Å². The van der Waals surface area contributed by atoms with E-state index in [1.54, 1.807) is 0 Å². The van der Waals surface area contributed by atoms with Crippen LogP contribution in [0.25, 0.3) is 0 Å². The first-order valence-electron chi connectivity index (χ1n) is 2.92. The monoisotopic (exact) mass is 121 g/mol. The lowest BCUT2D eigenvalue weighted by molar-refractivity contribution is 0.572. The number of nitrogens with two attached hydrogens (primary N) is 1. The van der Waals surface area contributed by atoms with Gasteiger partial charge in [-0.3, -0.25) is 0 Å². The molecular weight excluding hydrogens is 110 g/mol. The zero-order valence-electron chi connectivity index (χ0n) is 5.43. The summed E-state index contributed by atoms with van der Waals surface area (Å²) in [5.41, 5.74) is 5.35. The minimum absolute atomic E-state index is 0.319. The zero-order chi connectivity index (χ0) is 7.11. The Hall–Kier alpha value is -0.920. The van der Waals surface area contributed by atoms with Crippen LogP contribution in [0.2, 0.25) is 0 Å². The van der Waals surface area contributed by atoms with Crippen LogP contribution in [0, 0.1) is 30.6 Å². The normalized spacial score (nSPS) is 8.44. The van der Waals surface area contributed by atoms with E-state index in [-0.39, 0.29) is 0 Å². The fourth-order valence-electron chi connectivity index (χ4n) is 0.572. The summed E-state index contributed by atoms with van der Waals surface area (Å²) in [6.45, 7) is 0.592. The third kappa shape index (κ3) is 3.64. The Morgan fingerprint density at radius 2 is 1.67 bits per heavy atom. The minimum atomic E-state index is 0.319. The highest BCUT2D eigenvalue weighted by atomic mass is 14.5. The second-order valence-corrected chi connectivity index (χ2v) is 1.92. The molecule has 0 radical (unpaired) electrons. The number of rotatable bonds is 3. The highest BCUT2D eigenvalue weighted by Crippen LogP contribution is 2.03.